The van der Waals surface area contributed by atoms with Gasteiger partial charge in [-0.1, -0.05) is 40.5 Å². The molecular formula is C13H27NO. The molecule has 1 atom stereocenters. The molecule has 0 saturated heterocycles. The predicted octanol–water partition coefficient (Wildman–Crippen LogP) is 3.15. The molecule has 0 saturated carbocycles. The topological polar surface area (TPSA) is 43.1 Å². The molecule has 0 unspecified atom stereocenters. The molecule has 0 amide bonds. The van der Waals surface area contributed by atoms with E-state index in [9.17, 15) is 4.79 Å². The van der Waals surface area contributed by atoms with Crippen LogP contribution in [0.4, 0.5) is 0 Å². The maximum atomic E-state index is 11.1. The Morgan fingerprint density at radius 3 is 2.27 bits per heavy atom. The Morgan fingerprint density at radius 2 is 1.87 bits per heavy atom. The number of Topliss-reactive ketones (excluding diaryl/α,β-unsaturated/α-hetero) is 1. The molecule has 0 radical (unpaired) electrons. The highest BCUT2D eigenvalue weighted by Crippen LogP contribution is 2.29. The van der Waals surface area contributed by atoms with Gasteiger partial charge in [0.2, 0.25) is 0 Å². The first-order chi connectivity index (χ1) is 6.74. The molecule has 0 aliphatic rings. The van der Waals surface area contributed by atoms with E-state index in [2.05, 4.69) is 27.7 Å². The molecule has 0 rings (SSSR count). The first-order valence-electron chi connectivity index (χ1n) is 6.00. The average molecular weight is 213 g/mol. The fourth-order valence-electron chi connectivity index (χ4n) is 1.83. The summed E-state index contributed by atoms with van der Waals surface area (Å²) in [6.45, 7) is 10.5. The quantitative estimate of drug-likeness (QED) is 0.706. The van der Waals surface area contributed by atoms with Crippen molar-refractivity contribution in [3.8, 4) is 0 Å². The lowest BCUT2D eigenvalue weighted by Crippen LogP contribution is -2.33. The normalized spacial score (nSPS) is 14.3. The fourth-order valence-corrected chi connectivity index (χ4v) is 1.83. The minimum Gasteiger partial charge on any atom is -0.322 e. The summed E-state index contributed by atoms with van der Waals surface area (Å²) in [5.74, 6) is 0.870. The van der Waals surface area contributed by atoms with Crippen LogP contribution in [0, 0.1) is 11.3 Å². The third kappa shape index (κ3) is 7.55. The lowest BCUT2D eigenvalue weighted by Gasteiger charge is -2.27. The van der Waals surface area contributed by atoms with Gasteiger partial charge in [-0.2, -0.15) is 0 Å². The predicted molar refractivity (Wildman–Crippen MR) is 65.7 cm³/mol. The summed E-state index contributed by atoms with van der Waals surface area (Å²) < 4.78 is 0. The molecule has 0 aromatic heterocycles. The van der Waals surface area contributed by atoms with Crippen LogP contribution in [-0.4, -0.2) is 11.8 Å². The van der Waals surface area contributed by atoms with Crippen molar-refractivity contribution < 1.29 is 4.79 Å². The van der Waals surface area contributed by atoms with Gasteiger partial charge in [0, 0.05) is 0 Å². The molecule has 2 N–H and O–H groups in total. The molecule has 0 aromatic carbocycles. The fraction of sp³-hybridized carbons (Fsp3) is 0.923. The Labute approximate surface area is 94.6 Å². The SMILES string of the molecule is CC(=O)[C@@H](N)CC(C)(C)CCCC(C)C. The summed E-state index contributed by atoms with van der Waals surface area (Å²) in [5.41, 5.74) is 5.98. The third-order valence-corrected chi connectivity index (χ3v) is 2.93. The Kier molecular flexibility index (Phi) is 6.11. The number of rotatable bonds is 7. The summed E-state index contributed by atoms with van der Waals surface area (Å²) in [5, 5.41) is 0. The number of ketones is 1. The molecule has 2 nitrogen and oxygen atoms in total. The van der Waals surface area contributed by atoms with Crippen LogP contribution >= 0.6 is 0 Å². The number of carbonyl (C=O) groups is 1. The molecule has 15 heavy (non-hydrogen) atoms. The van der Waals surface area contributed by atoms with Gasteiger partial charge >= 0.3 is 0 Å². The van der Waals surface area contributed by atoms with Gasteiger partial charge in [0.05, 0.1) is 6.04 Å². The maximum absolute atomic E-state index is 11.1. The summed E-state index contributed by atoms with van der Waals surface area (Å²) in [6.07, 6.45) is 4.46. The zero-order valence-electron chi connectivity index (χ0n) is 11.0. The minimum atomic E-state index is -0.279. The summed E-state index contributed by atoms with van der Waals surface area (Å²) in [6, 6.07) is -0.279. The second-order valence-electron chi connectivity index (χ2n) is 5.87. The minimum absolute atomic E-state index is 0.104. The van der Waals surface area contributed by atoms with Gasteiger partial charge in [-0.05, 0) is 31.1 Å². The van der Waals surface area contributed by atoms with Gasteiger partial charge < -0.3 is 5.73 Å². The van der Waals surface area contributed by atoms with Crippen LogP contribution in [-0.2, 0) is 4.79 Å². The monoisotopic (exact) mass is 213 g/mol. The van der Waals surface area contributed by atoms with Crippen LogP contribution in [0.2, 0.25) is 0 Å². The van der Waals surface area contributed by atoms with E-state index in [0.29, 0.717) is 0 Å². The zero-order valence-corrected chi connectivity index (χ0v) is 11.0. The van der Waals surface area contributed by atoms with Crippen LogP contribution < -0.4 is 5.73 Å². The van der Waals surface area contributed by atoms with E-state index in [1.165, 1.54) is 12.8 Å². The summed E-state index contributed by atoms with van der Waals surface area (Å²) in [4.78, 5) is 11.1. The number of carbonyl (C=O) groups excluding carboxylic acids is 1. The lowest BCUT2D eigenvalue weighted by atomic mass is 9.80. The molecule has 0 bridgehead atoms. The first kappa shape index (κ1) is 14.6. The van der Waals surface area contributed by atoms with Crippen LogP contribution in [0.5, 0.6) is 0 Å². The number of hydrogen-bond acceptors (Lipinski definition) is 2. The van der Waals surface area contributed by atoms with Crippen molar-refractivity contribution in [2.45, 2.75) is 66.3 Å². The first-order valence-corrected chi connectivity index (χ1v) is 6.00. The highest BCUT2D eigenvalue weighted by molar-refractivity contribution is 5.81. The van der Waals surface area contributed by atoms with Crippen molar-refractivity contribution in [3.63, 3.8) is 0 Å². The van der Waals surface area contributed by atoms with E-state index in [4.69, 9.17) is 5.73 Å². The van der Waals surface area contributed by atoms with E-state index in [0.717, 1.165) is 18.8 Å². The van der Waals surface area contributed by atoms with E-state index in [1.54, 1.807) is 6.92 Å². The van der Waals surface area contributed by atoms with Crippen molar-refractivity contribution in [1.29, 1.82) is 0 Å². The smallest absolute Gasteiger partial charge is 0.146 e. The molecule has 90 valence electrons. The van der Waals surface area contributed by atoms with Gasteiger partial charge in [-0.3, -0.25) is 4.79 Å². The second kappa shape index (κ2) is 6.26. The number of hydrogen-bond donors (Lipinski definition) is 1. The highest BCUT2D eigenvalue weighted by Gasteiger charge is 2.23. The Balaban J connectivity index is 3.90. The molecular weight excluding hydrogens is 186 g/mol. The van der Waals surface area contributed by atoms with Crippen LogP contribution in [0.3, 0.4) is 0 Å². The van der Waals surface area contributed by atoms with Crippen molar-refractivity contribution in [2.75, 3.05) is 0 Å². The summed E-state index contributed by atoms with van der Waals surface area (Å²) in [7, 11) is 0. The number of nitrogens with two attached hydrogens (primary N) is 1. The average Bonchev–Trinajstić information content (AvgIpc) is 2.01. The second-order valence-corrected chi connectivity index (χ2v) is 5.87. The Hall–Kier alpha value is -0.370. The van der Waals surface area contributed by atoms with Gasteiger partial charge in [0.15, 0.2) is 0 Å². The molecule has 0 aromatic rings. The zero-order chi connectivity index (χ0) is 12.1. The van der Waals surface area contributed by atoms with E-state index >= 15 is 0 Å². The van der Waals surface area contributed by atoms with E-state index in [1.807, 2.05) is 0 Å². The lowest BCUT2D eigenvalue weighted by molar-refractivity contribution is -0.118. The van der Waals surface area contributed by atoms with Crippen molar-refractivity contribution in [3.05, 3.63) is 0 Å². The van der Waals surface area contributed by atoms with Gasteiger partial charge in [0.1, 0.15) is 5.78 Å². The Morgan fingerprint density at radius 1 is 1.33 bits per heavy atom. The largest absolute Gasteiger partial charge is 0.322 e. The van der Waals surface area contributed by atoms with Crippen LogP contribution in [0.1, 0.15) is 60.3 Å². The highest BCUT2D eigenvalue weighted by atomic mass is 16.1. The molecule has 0 heterocycles. The van der Waals surface area contributed by atoms with Gasteiger partial charge in [0.25, 0.3) is 0 Å². The molecule has 0 aliphatic carbocycles. The van der Waals surface area contributed by atoms with Gasteiger partial charge in [-0.15, -0.1) is 0 Å². The molecule has 0 aliphatic heterocycles. The van der Waals surface area contributed by atoms with Crippen molar-refractivity contribution in [1.82, 2.24) is 0 Å². The standard InChI is InChI=1S/C13H27NO/c1-10(2)7-6-8-13(4,5)9-12(14)11(3)15/h10,12H,6-9,14H2,1-5H3/t12-/m0/s1. The van der Waals surface area contributed by atoms with Crippen LogP contribution in [0.15, 0.2) is 0 Å². The third-order valence-electron chi connectivity index (χ3n) is 2.93. The van der Waals surface area contributed by atoms with Gasteiger partial charge in [-0.25, -0.2) is 0 Å². The van der Waals surface area contributed by atoms with E-state index in [-0.39, 0.29) is 17.2 Å². The Bertz CT molecular complexity index is 197. The summed E-state index contributed by atoms with van der Waals surface area (Å²) >= 11 is 0. The molecule has 2 heteroatoms. The van der Waals surface area contributed by atoms with Crippen molar-refractivity contribution >= 4 is 5.78 Å². The molecule has 0 spiro atoms. The van der Waals surface area contributed by atoms with Crippen molar-refractivity contribution in [2.24, 2.45) is 17.1 Å². The maximum Gasteiger partial charge on any atom is 0.146 e. The van der Waals surface area contributed by atoms with Crippen LogP contribution in [0.25, 0.3) is 0 Å². The van der Waals surface area contributed by atoms with E-state index < -0.39 is 0 Å². The molecule has 0 fully saturated rings.